The van der Waals surface area contributed by atoms with Crippen molar-refractivity contribution in [2.24, 2.45) is 0 Å². The van der Waals surface area contributed by atoms with Crippen LogP contribution < -0.4 is 0 Å². The highest BCUT2D eigenvalue weighted by atomic mass is 16.0. The molecule has 0 radical (unpaired) electrons. The van der Waals surface area contributed by atoms with E-state index >= 15 is 0 Å². The minimum atomic E-state index is 0. The Morgan fingerprint density at radius 3 is 1.23 bits per heavy atom. The van der Waals surface area contributed by atoms with Gasteiger partial charge in [-0.05, 0) is 24.0 Å². The number of quaternary nitrogens is 2. The molecule has 2 heterocycles. The van der Waals surface area contributed by atoms with Gasteiger partial charge < -0.3 is 19.9 Å². The summed E-state index contributed by atoms with van der Waals surface area (Å²) in [5.41, 5.74) is 3.06. The van der Waals surface area contributed by atoms with Crippen molar-refractivity contribution in [1.82, 2.24) is 0 Å². The molecule has 4 nitrogen and oxygen atoms in total. The lowest BCUT2D eigenvalue weighted by Crippen LogP contribution is -2.41. The molecule has 2 fully saturated rings. The molecule has 0 unspecified atom stereocenters. The molecule has 2 aliphatic heterocycles. The number of likely N-dealkylation sites (tertiary alicyclic amines) is 2. The molecule has 0 saturated carbocycles. The van der Waals surface area contributed by atoms with E-state index in [9.17, 15) is 0 Å². The van der Waals surface area contributed by atoms with Crippen LogP contribution in [0.4, 0.5) is 0 Å². The summed E-state index contributed by atoms with van der Waals surface area (Å²) in [6.45, 7) is 8.32. The van der Waals surface area contributed by atoms with Crippen molar-refractivity contribution in [2.75, 3.05) is 53.4 Å². The number of hydrogen-bond acceptors (Lipinski definition) is 2. The van der Waals surface area contributed by atoms with Gasteiger partial charge in [0.15, 0.2) is 0 Å². The average molecular weight is 365 g/mol. The van der Waals surface area contributed by atoms with Crippen LogP contribution in [0, 0.1) is 0 Å². The van der Waals surface area contributed by atoms with Crippen molar-refractivity contribution >= 4 is 0 Å². The Morgan fingerprint density at radius 1 is 0.615 bits per heavy atom. The van der Waals surface area contributed by atoms with E-state index in [-0.39, 0.29) is 11.0 Å². The molecule has 3 rings (SSSR count). The second-order valence-corrected chi connectivity index (χ2v) is 9.02. The number of rotatable bonds is 8. The predicted octanol–water partition coefficient (Wildman–Crippen LogP) is 3.68. The van der Waals surface area contributed by atoms with Crippen LogP contribution >= 0.6 is 0 Å². The maximum Gasteiger partial charge on any atom is 0.0787 e. The summed E-state index contributed by atoms with van der Waals surface area (Å²) in [5.74, 6) is 0. The summed E-state index contributed by atoms with van der Waals surface area (Å²) in [5, 5.41) is 0. The Morgan fingerprint density at radius 2 is 0.923 bits per heavy atom. The highest BCUT2D eigenvalue weighted by molar-refractivity contribution is 5.22. The maximum absolute atomic E-state index is 2.44. The van der Waals surface area contributed by atoms with Crippen molar-refractivity contribution in [1.29, 1.82) is 0 Å². The number of nitrogens with zero attached hydrogens (tertiary/aromatic N) is 2. The molecule has 1 aromatic rings. The molecule has 150 valence electrons. The third-order valence-electron chi connectivity index (χ3n) is 6.64. The van der Waals surface area contributed by atoms with Crippen molar-refractivity contribution in [2.45, 2.75) is 51.4 Å². The Kier molecular flexibility index (Phi) is 9.25. The quantitative estimate of drug-likeness (QED) is 0.661. The van der Waals surface area contributed by atoms with Crippen LogP contribution in [0.3, 0.4) is 0 Å². The van der Waals surface area contributed by atoms with Crippen LogP contribution in [0.25, 0.3) is 0 Å². The van der Waals surface area contributed by atoms with Gasteiger partial charge in [0.2, 0.25) is 0 Å². The molecule has 26 heavy (non-hydrogen) atoms. The summed E-state index contributed by atoms with van der Waals surface area (Å²) < 4.78 is 2.63. The van der Waals surface area contributed by atoms with Gasteiger partial charge in [0.25, 0.3) is 0 Å². The Bertz CT molecular complexity index is 456. The van der Waals surface area contributed by atoms with E-state index in [1.165, 1.54) is 111 Å². The number of aryl methyl sites for hydroxylation is 2. The maximum atomic E-state index is 2.44. The smallest absolute Gasteiger partial charge is 0.0787 e. The van der Waals surface area contributed by atoms with Crippen LogP contribution in [0.15, 0.2) is 24.3 Å². The van der Waals surface area contributed by atoms with Gasteiger partial charge in [-0.1, -0.05) is 24.3 Å². The van der Waals surface area contributed by atoms with E-state index in [0.29, 0.717) is 0 Å². The molecule has 2 aliphatic rings. The third kappa shape index (κ3) is 6.66. The first-order valence-corrected chi connectivity index (χ1v) is 10.3. The molecule has 2 saturated heterocycles. The fraction of sp³-hybridized carbons (Fsp3) is 0.727. The summed E-state index contributed by atoms with van der Waals surface area (Å²) in [7, 11) is 4.89. The zero-order chi connectivity index (χ0) is 16.9. The molecule has 2 N–H and O–H groups in total. The summed E-state index contributed by atoms with van der Waals surface area (Å²) in [6, 6.07) is 9.52. The molecule has 0 spiro atoms. The van der Waals surface area contributed by atoms with Crippen LogP contribution in [0.1, 0.15) is 49.7 Å². The molecule has 0 aromatic heterocycles. The van der Waals surface area contributed by atoms with Gasteiger partial charge in [-0.2, -0.15) is 0 Å². The second kappa shape index (κ2) is 10.4. The Balaban J connectivity index is 0.00000169. The van der Waals surface area contributed by atoms with E-state index in [1.54, 1.807) is 0 Å². The van der Waals surface area contributed by atoms with Gasteiger partial charge in [-0.15, -0.1) is 0 Å². The first-order valence-electron chi connectivity index (χ1n) is 10.3. The summed E-state index contributed by atoms with van der Waals surface area (Å²) >= 11 is 0. The second-order valence-electron chi connectivity index (χ2n) is 9.02. The van der Waals surface area contributed by atoms with Crippen LogP contribution in [-0.2, 0) is 12.8 Å². The largest absolute Gasteiger partial charge is 0.870 e. The van der Waals surface area contributed by atoms with Gasteiger partial charge in [-0.3, -0.25) is 0 Å². The zero-order valence-corrected chi connectivity index (χ0v) is 17.0. The molecule has 1 aromatic carbocycles. The van der Waals surface area contributed by atoms with Crippen LogP contribution in [-0.4, -0.2) is 73.3 Å². The van der Waals surface area contributed by atoms with Gasteiger partial charge in [0.05, 0.1) is 53.4 Å². The lowest BCUT2D eigenvalue weighted by molar-refractivity contribution is -0.897. The summed E-state index contributed by atoms with van der Waals surface area (Å²) in [4.78, 5) is 0. The third-order valence-corrected chi connectivity index (χ3v) is 6.64. The normalized spacial score (nSPS) is 20.4. The average Bonchev–Trinajstić information content (AvgIpc) is 3.19. The van der Waals surface area contributed by atoms with Crippen molar-refractivity contribution in [3.63, 3.8) is 0 Å². The highest BCUT2D eigenvalue weighted by Gasteiger charge is 2.26. The molecule has 0 aliphatic carbocycles. The minimum absolute atomic E-state index is 0. The minimum Gasteiger partial charge on any atom is -0.870 e. The topological polar surface area (TPSA) is 60.0 Å². The van der Waals surface area contributed by atoms with Gasteiger partial charge in [0.1, 0.15) is 0 Å². The first kappa shape index (κ1) is 23.1. The predicted molar refractivity (Wildman–Crippen MR) is 107 cm³/mol. The van der Waals surface area contributed by atoms with Gasteiger partial charge in [-0.25, -0.2) is 0 Å². The molecular formula is C22H40N2O2. The van der Waals surface area contributed by atoms with E-state index in [2.05, 4.69) is 38.4 Å². The van der Waals surface area contributed by atoms with Crippen molar-refractivity contribution < 1.29 is 19.9 Å². The van der Waals surface area contributed by atoms with Gasteiger partial charge >= 0.3 is 0 Å². The van der Waals surface area contributed by atoms with E-state index < -0.39 is 0 Å². The molecule has 0 bridgehead atoms. The standard InChI is InChI=1S/C22H38N2.2H2O/c1-23(15-3-4-16-23)19-7-9-21-11-13-22(14-12-21)10-8-20-24(2)17-5-6-18-24;;/h11-14H,3-10,15-20H2,1-2H3;2*1H2/q+2;;/p-2. The Labute approximate surface area is 160 Å². The molecule has 0 atom stereocenters. The zero-order valence-electron chi connectivity index (χ0n) is 17.0. The lowest BCUT2D eigenvalue weighted by atomic mass is 10.0. The first-order chi connectivity index (χ1) is 11.6. The lowest BCUT2D eigenvalue weighted by Gasteiger charge is -2.29. The van der Waals surface area contributed by atoms with E-state index in [0.717, 1.165) is 0 Å². The number of hydrogen-bond donors (Lipinski definition) is 0. The van der Waals surface area contributed by atoms with E-state index in [4.69, 9.17) is 0 Å². The monoisotopic (exact) mass is 364 g/mol. The fourth-order valence-corrected chi connectivity index (χ4v) is 4.85. The SMILES string of the molecule is C[N+]1(CCCc2ccc(CCC[N+]3(C)CCCC3)cc2)CCCC1.[OH-].[OH-]. The van der Waals surface area contributed by atoms with Crippen LogP contribution in [0.2, 0.25) is 0 Å². The van der Waals surface area contributed by atoms with Crippen molar-refractivity contribution in [3.05, 3.63) is 35.4 Å². The van der Waals surface area contributed by atoms with Crippen molar-refractivity contribution in [3.8, 4) is 0 Å². The Hall–Kier alpha value is -0.940. The molecule has 0 amide bonds. The highest BCUT2D eigenvalue weighted by Crippen LogP contribution is 2.19. The van der Waals surface area contributed by atoms with Gasteiger partial charge in [0, 0.05) is 38.5 Å². The molecular weight excluding hydrogens is 324 g/mol. The fourth-order valence-electron chi connectivity index (χ4n) is 4.85. The summed E-state index contributed by atoms with van der Waals surface area (Å²) in [6.07, 6.45) is 10.9. The van der Waals surface area contributed by atoms with Crippen LogP contribution in [0.5, 0.6) is 0 Å². The number of benzene rings is 1. The van der Waals surface area contributed by atoms with E-state index in [1.807, 2.05) is 0 Å². The molecule has 4 heteroatoms.